The van der Waals surface area contributed by atoms with Gasteiger partial charge in [0.25, 0.3) is 0 Å². The molecule has 0 aromatic carbocycles. The summed E-state index contributed by atoms with van der Waals surface area (Å²) < 4.78 is 18.7. The van der Waals surface area contributed by atoms with Crippen LogP contribution in [0.5, 0.6) is 0 Å². The maximum absolute atomic E-state index is 13.4. The predicted molar refractivity (Wildman–Crippen MR) is 54.0 cm³/mol. The van der Waals surface area contributed by atoms with Crippen molar-refractivity contribution in [3.63, 3.8) is 0 Å². The van der Waals surface area contributed by atoms with Crippen molar-refractivity contribution in [3.8, 4) is 0 Å². The molecule has 0 fully saturated rings. The van der Waals surface area contributed by atoms with E-state index in [-0.39, 0.29) is 5.41 Å². The molecule has 1 rings (SSSR count). The van der Waals surface area contributed by atoms with E-state index in [1.165, 1.54) is 6.26 Å². The Morgan fingerprint density at radius 1 is 1.50 bits per heavy atom. The number of alkyl halides is 1. The summed E-state index contributed by atoms with van der Waals surface area (Å²) in [6.07, 6.45) is 1.77. The minimum absolute atomic E-state index is 0.149. The van der Waals surface area contributed by atoms with Crippen LogP contribution in [-0.4, -0.2) is 4.98 Å². The van der Waals surface area contributed by atoms with Crippen LogP contribution in [-0.2, 0) is 5.41 Å². The Hall–Kier alpha value is -0.860. The van der Waals surface area contributed by atoms with Gasteiger partial charge in [-0.05, 0) is 6.42 Å². The average molecular weight is 199 g/mol. The van der Waals surface area contributed by atoms with Crippen molar-refractivity contribution in [2.24, 2.45) is 0 Å². The van der Waals surface area contributed by atoms with Gasteiger partial charge in [-0.3, -0.25) is 0 Å². The molecule has 1 unspecified atom stereocenters. The number of oxazole rings is 1. The van der Waals surface area contributed by atoms with Gasteiger partial charge in [0.2, 0.25) is 0 Å². The zero-order valence-corrected chi connectivity index (χ0v) is 9.30. The lowest BCUT2D eigenvalue weighted by molar-refractivity contribution is 0.313. The van der Waals surface area contributed by atoms with Crippen molar-refractivity contribution in [2.75, 3.05) is 0 Å². The van der Waals surface area contributed by atoms with E-state index in [9.17, 15) is 4.39 Å². The second-order valence-corrected chi connectivity index (χ2v) is 4.58. The van der Waals surface area contributed by atoms with Crippen LogP contribution >= 0.6 is 0 Å². The van der Waals surface area contributed by atoms with Crippen LogP contribution in [0.3, 0.4) is 0 Å². The molecule has 80 valence electrons. The van der Waals surface area contributed by atoms with Crippen LogP contribution in [0, 0.1) is 0 Å². The molecule has 1 heterocycles. The summed E-state index contributed by atoms with van der Waals surface area (Å²) in [5, 5.41) is 0. The Morgan fingerprint density at radius 3 is 2.57 bits per heavy atom. The first-order chi connectivity index (χ1) is 6.45. The molecule has 0 radical (unpaired) electrons. The molecule has 0 N–H and O–H groups in total. The van der Waals surface area contributed by atoms with Gasteiger partial charge in [0.15, 0.2) is 5.89 Å². The number of halogens is 1. The first-order valence-electron chi connectivity index (χ1n) is 5.05. The molecule has 1 atom stereocenters. The van der Waals surface area contributed by atoms with Crippen LogP contribution < -0.4 is 0 Å². The number of hydrogen-bond donors (Lipinski definition) is 0. The lowest BCUT2D eigenvalue weighted by Crippen LogP contribution is -2.11. The molecule has 0 aliphatic heterocycles. The number of rotatable bonds is 3. The molecule has 0 aliphatic carbocycles. The maximum atomic E-state index is 13.4. The first kappa shape index (κ1) is 11.2. The summed E-state index contributed by atoms with van der Waals surface area (Å²) in [5.41, 5.74) is 0.279. The third-order valence-electron chi connectivity index (χ3n) is 2.03. The van der Waals surface area contributed by atoms with Gasteiger partial charge in [0, 0.05) is 5.41 Å². The third kappa shape index (κ3) is 2.56. The Balaban J connectivity index is 2.78. The highest BCUT2D eigenvalue weighted by Crippen LogP contribution is 2.26. The van der Waals surface area contributed by atoms with Crippen molar-refractivity contribution < 1.29 is 8.81 Å². The van der Waals surface area contributed by atoms with E-state index in [1.807, 2.05) is 27.7 Å². The summed E-state index contributed by atoms with van der Waals surface area (Å²) in [7, 11) is 0. The van der Waals surface area contributed by atoms with Crippen molar-refractivity contribution in [2.45, 2.75) is 52.1 Å². The fraction of sp³-hybridized carbons (Fsp3) is 0.727. The quantitative estimate of drug-likeness (QED) is 0.740. The number of nitrogens with zero attached hydrogens (tertiary/aromatic N) is 1. The molecular formula is C11H18FNO. The second-order valence-electron chi connectivity index (χ2n) is 4.58. The van der Waals surface area contributed by atoms with Crippen LogP contribution in [0.2, 0.25) is 0 Å². The smallest absolute Gasteiger partial charge is 0.199 e. The van der Waals surface area contributed by atoms with Gasteiger partial charge in [-0.1, -0.05) is 34.1 Å². The zero-order chi connectivity index (χ0) is 10.8. The molecule has 1 aromatic rings. The lowest BCUT2D eigenvalue weighted by atomic mass is 9.97. The molecule has 0 saturated heterocycles. The van der Waals surface area contributed by atoms with Crippen molar-refractivity contribution >= 4 is 0 Å². The largest absolute Gasteiger partial charge is 0.448 e. The maximum Gasteiger partial charge on any atom is 0.199 e. The molecule has 0 aliphatic rings. The van der Waals surface area contributed by atoms with Crippen LogP contribution in [0.25, 0.3) is 0 Å². The van der Waals surface area contributed by atoms with E-state index in [4.69, 9.17) is 4.42 Å². The van der Waals surface area contributed by atoms with Gasteiger partial charge in [-0.25, -0.2) is 9.37 Å². The predicted octanol–water partition coefficient (Wildman–Crippen LogP) is 3.78. The standard InChI is InChI=1S/C11H18FNO/c1-5-6-8(12)9-7-14-10(13-9)11(2,3)4/h7-8H,5-6H2,1-4H3. The molecule has 0 bridgehead atoms. The van der Waals surface area contributed by atoms with Gasteiger partial charge in [0.1, 0.15) is 18.1 Å². The minimum atomic E-state index is -0.986. The Morgan fingerprint density at radius 2 is 2.14 bits per heavy atom. The fourth-order valence-electron chi connectivity index (χ4n) is 1.18. The van der Waals surface area contributed by atoms with Crippen molar-refractivity contribution in [3.05, 3.63) is 17.8 Å². The minimum Gasteiger partial charge on any atom is -0.448 e. The lowest BCUT2D eigenvalue weighted by Gasteiger charge is -2.11. The van der Waals surface area contributed by atoms with Crippen LogP contribution in [0.15, 0.2) is 10.7 Å². The molecule has 14 heavy (non-hydrogen) atoms. The molecular weight excluding hydrogens is 181 g/mol. The van der Waals surface area contributed by atoms with E-state index in [0.29, 0.717) is 18.0 Å². The van der Waals surface area contributed by atoms with Gasteiger partial charge in [-0.2, -0.15) is 0 Å². The van der Waals surface area contributed by atoms with Gasteiger partial charge in [-0.15, -0.1) is 0 Å². The van der Waals surface area contributed by atoms with Crippen LogP contribution in [0.1, 0.15) is 58.3 Å². The topological polar surface area (TPSA) is 26.0 Å². The summed E-state index contributed by atoms with van der Waals surface area (Å²) in [6, 6.07) is 0. The third-order valence-corrected chi connectivity index (χ3v) is 2.03. The average Bonchev–Trinajstić information content (AvgIpc) is 2.51. The normalized spacial score (nSPS) is 14.4. The van der Waals surface area contributed by atoms with E-state index in [1.54, 1.807) is 0 Å². The van der Waals surface area contributed by atoms with E-state index in [0.717, 1.165) is 6.42 Å². The van der Waals surface area contributed by atoms with Crippen molar-refractivity contribution in [1.82, 2.24) is 4.98 Å². The molecule has 2 nitrogen and oxygen atoms in total. The fourth-order valence-corrected chi connectivity index (χ4v) is 1.18. The monoisotopic (exact) mass is 199 g/mol. The Labute approximate surface area is 84.5 Å². The Kier molecular flexibility index (Phi) is 3.29. The number of aromatic nitrogens is 1. The van der Waals surface area contributed by atoms with Crippen LogP contribution in [0.4, 0.5) is 4.39 Å². The highest BCUT2D eigenvalue weighted by molar-refractivity contribution is 5.06. The van der Waals surface area contributed by atoms with Crippen molar-refractivity contribution in [1.29, 1.82) is 0 Å². The highest BCUT2D eigenvalue weighted by atomic mass is 19.1. The molecule has 0 saturated carbocycles. The Bertz CT molecular complexity index is 288. The molecule has 1 aromatic heterocycles. The van der Waals surface area contributed by atoms with Gasteiger partial charge >= 0.3 is 0 Å². The second kappa shape index (κ2) is 4.11. The summed E-state index contributed by atoms with van der Waals surface area (Å²) >= 11 is 0. The highest BCUT2D eigenvalue weighted by Gasteiger charge is 2.22. The molecule has 0 amide bonds. The van der Waals surface area contributed by atoms with Gasteiger partial charge < -0.3 is 4.42 Å². The number of hydrogen-bond acceptors (Lipinski definition) is 2. The molecule has 3 heteroatoms. The zero-order valence-electron chi connectivity index (χ0n) is 9.30. The van der Waals surface area contributed by atoms with Gasteiger partial charge in [0.05, 0.1) is 0 Å². The molecule has 0 spiro atoms. The SMILES string of the molecule is CCCC(F)c1coc(C(C)(C)C)n1. The summed E-state index contributed by atoms with van der Waals surface area (Å²) in [4.78, 5) is 4.16. The summed E-state index contributed by atoms with van der Waals surface area (Å²) in [5.74, 6) is 0.603. The van der Waals surface area contributed by atoms with E-state index in [2.05, 4.69) is 4.98 Å². The first-order valence-corrected chi connectivity index (χ1v) is 5.05. The van der Waals surface area contributed by atoms with E-state index >= 15 is 0 Å². The summed E-state index contributed by atoms with van der Waals surface area (Å²) in [6.45, 7) is 7.94. The van der Waals surface area contributed by atoms with E-state index < -0.39 is 6.17 Å².